The summed E-state index contributed by atoms with van der Waals surface area (Å²) in [4.78, 5) is 40.6. The first kappa shape index (κ1) is 29.9. The van der Waals surface area contributed by atoms with E-state index in [0.29, 0.717) is 24.0 Å². The van der Waals surface area contributed by atoms with E-state index in [9.17, 15) is 19.6 Å². The van der Waals surface area contributed by atoms with Gasteiger partial charge in [0.1, 0.15) is 5.75 Å². The maximum absolute atomic E-state index is 11.5. The average Bonchev–Trinajstić information content (AvgIpc) is 3.52. The van der Waals surface area contributed by atoms with Crippen molar-refractivity contribution in [1.82, 2.24) is 25.3 Å². The van der Waals surface area contributed by atoms with Crippen LogP contribution >= 0.6 is 0 Å². The molecule has 2 aromatic carbocycles. The van der Waals surface area contributed by atoms with Crippen LogP contribution in [-0.4, -0.2) is 96.0 Å². The van der Waals surface area contributed by atoms with Crippen molar-refractivity contribution in [1.29, 1.82) is 0 Å². The highest BCUT2D eigenvalue weighted by Crippen LogP contribution is 2.26. The van der Waals surface area contributed by atoms with Crippen molar-refractivity contribution in [3.63, 3.8) is 0 Å². The maximum atomic E-state index is 11.5. The fourth-order valence-electron chi connectivity index (χ4n) is 5.98. The molecule has 3 N–H and O–H groups in total. The smallest absolute Gasteiger partial charge is 0.322 e. The van der Waals surface area contributed by atoms with Gasteiger partial charge in [-0.15, -0.1) is 0 Å². The number of carbonyl (C=O) groups excluding carboxylic acids is 3. The third-order valence-corrected chi connectivity index (χ3v) is 8.38. The van der Waals surface area contributed by atoms with Crippen LogP contribution in [0.25, 0.3) is 0 Å². The molecule has 0 spiro atoms. The number of piperazine rings is 1. The molecule has 3 heterocycles. The first-order valence-corrected chi connectivity index (χ1v) is 14.7. The highest BCUT2D eigenvalue weighted by molar-refractivity contribution is 6.06. The van der Waals surface area contributed by atoms with E-state index < -0.39 is 18.0 Å². The Hall–Kier alpha value is -4.56. The summed E-state index contributed by atoms with van der Waals surface area (Å²) in [5.74, 6) is 6.59. The van der Waals surface area contributed by atoms with Crippen molar-refractivity contribution in [2.24, 2.45) is 5.16 Å². The number of oxime groups is 1. The number of nitrogens with one attached hydrogen (secondary N) is 2. The fraction of sp³-hybridized carbons (Fsp3) is 0.438. The van der Waals surface area contributed by atoms with Gasteiger partial charge in [-0.05, 0) is 54.8 Å². The Morgan fingerprint density at radius 3 is 2.35 bits per heavy atom. The van der Waals surface area contributed by atoms with Crippen LogP contribution in [0.4, 0.5) is 4.79 Å². The fourth-order valence-corrected chi connectivity index (χ4v) is 5.98. The summed E-state index contributed by atoms with van der Waals surface area (Å²) in [6.07, 6.45) is 6.63. The van der Waals surface area contributed by atoms with Gasteiger partial charge in [0.2, 0.25) is 0 Å². The topological polar surface area (TPSA) is 127 Å². The number of amidine groups is 1. The van der Waals surface area contributed by atoms with Gasteiger partial charge in [-0.3, -0.25) is 19.8 Å². The summed E-state index contributed by atoms with van der Waals surface area (Å²) in [5, 5.41) is 17.8. The SMILES string of the molecule is COc1ccc2c(c1)C(=O)N(C)C2.O=C1NC(=O)[C@H](C#Cc2ccc(/C(=N/O)N3CCN(C4CCCCC4)CC3)cc2)N1. The van der Waals surface area contributed by atoms with Gasteiger partial charge >= 0.3 is 6.03 Å². The largest absolute Gasteiger partial charge is 0.497 e. The van der Waals surface area contributed by atoms with Gasteiger partial charge in [0.15, 0.2) is 11.9 Å². The minimum atomic E-state index is -0.827. The predicted molar refractivity (Wildman–Crippen MR) is 161 cm³/mol. The lowest BCUT2D eigenvalue weighted by atomic mass is 9.94. The standard InChI is InChI=1S/C22H27N5O3.C10H11NO2/c28-21-19(23-22(29)24-21)11-8-16-6-9-17(10-7-16)20(25-30)27-14-12-26(13-15-27)18-4-2-1-3-5-18;1-11-6-7-3-4-8(13-2)5-9(7)10(11)12/h6-7,9-10,18-19,30H,1-5,12-15H2,(H2,23,24,28,29);3-5H,6H2,1-2H3/b25-20-;/t19-;/m0./s1. The van der Waals surface area contributed by atoms with Gasteiger partial charge < -0.3 is 25.1 Å². The minimum Gasteiger partial charge on any atom is -0.497 e. The summed E-state index contributed by atoms with van der Waals surface area (Å²) in [7, 11) is 3.40. The first-order valence-electron chi connectivity index (χ1n) is 14.7. The molecule has 1 aliphatic carbocycles. The van der Waals surface area contributed by atoms with Crippen molar-refractivity contribution in [3.8, 4) is 17.6 Å². The van der Waals surface area contributed by atoms with Gasteiger partial charge in [0.05, 0.1) is 7.11 Å². The highest BCUT2D eigenvalue weighted by atomic mass is 16.5. The molecule has 2 aromatic rings. The summed E-state index contributed by atoms with van der Waals surface area (Å²) >= 11 is 0. The molecule has 3 fully saturated rings. The second-order valence-electron chi connectivity index (χ2n) is 11.2. The van der Waals surface area contributed by atoms with E-state index in [1.165, 1.54) is 32.1 Å². The van der Waals surface area contributed by atoms with Crippen LogP contribution in [0.5, 0.6) is 5.75 Å². The van der Waals surface area contributed by atoms with Gasteiger partial charge in [0.25, 0.3) is 11.8 Å². The van der Waals surface area contributed by atoms with E-state index in [4.69, 9.17) is 4.74 Å². The second kappa shape index (κ2) is 13.6. The lowest BCUT2D eigenvalue weighted by Gasteiger charge is -2.41. The van der Waals surface area contributed by atoms with Crippen LogP contribution < -0.4 is 15.4 Å². The lowest BCUT2D eigenvalue weighted by molar-refractivity contribution is -0.119. The molecular weight excluding hydrogens is 548 g/mol. The molecule has 0 radical (unpaired) electrons. The minimum absolute atomic E-state index is 0.0777. The van der Waals surface area contributed by atoms with E-state index in [2.05, 4.69) is 37.4 Å². The van der Waals surface area contributed by atoms with E-state index >= 15 is 0 Å². The van der Waals surface area contributed by atoms with E-state index in [1.54, 1.807) is 25.1 Å². The summed E-state index contributed by atoms with van der Waals surface area (Å²) in [6, 6.07) is 12.3. The number of fused-ring (bicyclic) bond motifs is 1. The Morgan fingerprint density at radius 1 is 1.00 bits per heavy atom. The highest BCUT2D eigenvalue weighted by Gasteiger charge is 2.28. The number of rotatable bonds is 3. The number of methoxy groups -OCH3 is 1. The monoisotopic (exact) mass is 586 g/mol. The van der Waals surface area contributed by atoms with Crippen LogP contribution in [0.3, 0.4) is 0 Å². The molecule has 0 aromatic heterocycles. The van der Waals surface area contributed by atoms with Crippen LogP contribution in [-0.2, 0) is 11.3 Å². The van der Waals surface area contributed by atoms with E-state index in [1.807, 2.05) is 36.4 Å². The van der Waals surface area contributed by atoms with Crippen LogP contribution in [0.1, 0.15) is 59.2 Å². The molecule has 43 heavy (non-hydrogen) atoms. The average molecular weight is 587 g/mol. The van der Waals surface area contributed by atoms with Crippen LogP contribution in [0.2, 0.25) is 0 Å². The normalized spacial score (nSPS) is 20.8. The van der Waals surface area contributed by atoms with Crippen molar-refractivity contribution in [2.75, 3.05) is 40.3 Å². The maximum Gasteiger partial charge on any atom is 0.322 e. The Bertz CT molecular complexity index is 1430. The molecule has 1 saturated carbocycles. The van der Waals surface area contributed by atoms with Gasteiger partial charge in [0, 0.05) is 62.5 Å². The zero-order chi connectivity index (χ0) is 30.3. The number of hydrogen-bond donors (Lipinski definition) is 3. The molecule has 1 atom stereocenters. The van der Waals surface area contributed by atoms with Crippen LogP contribution in [0.15, 0.2) is 47.6 Å². The molecule has 0 bridgehead atoms. The lowest BCUT2D eigenvalue weighted by Crippen LogP contribution is -2.52. The quantitative estimate of drug-likeness (QED) is 0.126. The Kier molecular flexibility index (Phi) is 9.47. The van der Waals surface area contributed by atoms with Crippen molar-refractivity contribution >= 4 is 23.7 Å². The molecule has 226 valence electrons. The Morgan fingerprint density at radius 2 is 1.72 bits per heavy atom. The molecule has 4 amide bonds. The van der Waals surface area contributed by atoms with E-state index in [-0.39, 0.29) is 5.91 Å². The molecule has 4 aliphatic rings. The van der Waals surface area contributed by atoms with Crippen molar-refractivity contribution < 1.29 is 24.3 Å². The molecule has 11 heteroatoms. The van der Waals surface area contributed by atoms with Crippen LogP contribution in [0, 0.1) is 11.8 Å². The summed E-state index contributed by atoms with van der Waals surface area (Å²) in [6.45, 7) is 4.37. The van der Waals surface area contributed by atoms with Crippen molar-refractivity contribution in [2.45, 2.75) is 50.7 Å². The Labute approximate surface area is 251 Å². The number of hydrogen-bond acceptors (Lipinski definition) is 7. The predicted octanol–water partition coefficient (Wildman–Crippen LogP) is 2.61. The number of nitrogens with zero attached hydrogens (tertiary/aromatic N) is 4. The molecule has 2 saturated heterocycles. The summed E-state index contributed by atoms with van der Waals surface area (Å²) in [5.41, 5.74) is 3.38. The molecule has 3 aliphatic heterocycles. The molecule has 6 rings (SSSR count). The molecular formula is C32H38N6O5. The van der Waals surface area contributed by atoms with E-state index in [0.717, 1.165) is 48.6 Å². The number of urea groups is 1. The number of carbonyl (C=O) groups is 3. The molecule has 0 unspecified atom stereocenters. The van der Waals surface area contributed by atoms with Gasteiger partial charge in [-0.2, -0.15) is 0 Å². The van der Waals surface area contributed by atoms with Crippen molar-refractivity contribution in [3.05, 3.63) is 64.7 Å². The zero-order valence-corrected chi connectivity index (χ0v) is 24.6. The van der Waals surface area contributed by atoms with Gasteiger partial charge in [-0.1, -0.05) is 42.3 Å². The Balaban J connectivity index is 0.000000235. The number of ether oxygens (including phenoxy) is 1. The van der Waals surface area contributed by atoms with Gasteiger partial charge in [-0.25, -0.2) is 4.79 Å². The number of imide groups is 1. The zero-order valence-electron chi connectivity index (χ0n) is 24.6. The first-order chi connectivity index (χ1) is 20.9. The third-order valence-electron chi connectivity index (χ3n) is 8.38. The summed E-state index contributed by atoms with van der Waals surface area (Å²) < 4.78 is 5.05. The molecule has 11 nitrogen and oxygen atoms in total. The third kappa shape index (κ3) is 7.09. The number of amides is 4. The second-order valence-corrected chi connectivity index (χ2v) is 11.2. The number of benzene rings is 2.